The van der Waals surface area contributed by atoms with Crippen molar-refractivity contribution < 1.29 is 4.52 Å². The van der Waals surface area contributed by atoms with E-state index in [-0.39, 0.29) is 17.3 Å². The standard InChI is InChI=1S/C15H20N4O3/c1-10-9-14(20)19(15(21)16-10)7-6-18-5-3-4-12(18)13-8-11(2)17-22-13/h8-9,12H,3-7H2,1-2H3,(H,16,21). The lowest BCUT2D eigenvalue weighted by molar-refractivity contribution is 0.205. The number of hydrogen-bond acceptors (Lipinski definition) is 5. The van der Waals surface area contributed by atoms with E-state index < -0.39 is 0 Å². The van der Waals surface area contributed by atoms with E-state index >= 15 is 0 Å². The highest BCUT2D eigenvalue weighted by molar-refractivity contribution is 5.09. The van der Waals surface area contributed by atoms with Crippen LogP contribution in [0.1, 0.15) is 36.0 Å². The Labute approximate surface area is 127 Å². The number of likely N-dealkylation sites (tertiary alicyclic amines) is 1. The fraction of sp³-hybridized carbons (Fsp3) is 0.533. The topological polar surface area (TPSA) is 84.1 Å². The lowest BCUT2D eigenvalue weighted by Crippen LogP contribution is -2.39. The maximum Gasteiger partial charge on any atom is 0.328 e. The van der Waals surface area contributed by atoms with E-state index in [4.69, 9.17) is 4.52 Å². The van der Waals surface area contributed by atoms with Crippen LogP contribution in [-0.4, -0.2) is 32.7 Å². The van der Waals surface area contributed by atoms with Gasteiger partial charge in [-0.25, -0.2) is 4.79 Å². The first-order valence-corrected chi connectivity index (χ1v) is 7.52. The van der Waals surface area contributed by atoms with Crippen molar-refractivity contribution in [3.05, 3.63) is 50.1 Å². The first-order chi connectivity index (χ1) is 10.5. The minimum atomic E-state index is -0.351. The van der Waals surface area contributed by atoms with Crippen molar-refractivity contribution in [2.75, 3.05) is 13.1 Å². The van der Waals surface area contributed by atoms with E-state index in [9.17, 15) is 9.59 Å². The maximum atomic E-state index is 11.9. The Bertz CT molecular complexity index is 742. The van der Waals surface area contributed by atoms with Gasteiger partial charge >= 0.3 is 5.69 Å². The molecule has 118 valence electrons. The summed E-state index contributed by atoms with van der Waals surface area (Å²) in [7, 11) is 0. The number of aromatic amines is 1. The lowest BCUT2D eigenvalue weighted by Gasteiger charge is -2.22. The van der Waals surface area contributed by atoms with Crippen LogP contribution in [0.15, 0.2) is 26.2 Å². The van der Waals surface area contributed by atoms with Gasteiger partial charge in [0.2, 0.25) is 0 Å². The molecule has 1 aliphatic heterocycles. The summed E-state index contributed by atoms with van der Waals surface area (Å²) >= 11 is 0. The van der Waals surface area contributed by atoms with Gasteiger partial charge in [-0.15, -0.1) is 0 Å². The Kier molecular flexibility index (Phi) is 3.98. The van der Waals surface area contributed by atoms with E-state index in [0.29, 0.717) is 18.8 Å². The van der Waals surface area contributed by atoms with Gasteiger partial charge in [0.15, 0.2) is 5.76 Å². The predicted molar refractivity (Wildman–Crippen MR) is 80.8 cm³/mol. The summed E-state index contributed by atoms with van der Waals surface area (Å²) in [6.45, 7) is 5.55. The highest BCUT2D eigenvalue weighted by Crippen LogP contribution is 2.31. The molecule has 1 saturated heterocycles. The first-order valence-electron chi connectivity index (χ1n) is 7.52. The van der Waals surface area contributed by atoms with Crippen LogP contribution in [0.25, 0.3) is 0 Å². The monoisotopic (exact) mass is 304 g/mol. The molecular weight excluding hydrogens is 284 g/mol. The van der Waals surface area contributed by atoms with Crippen molar-refractivity contribution >= 4 is 0 Å². The summed E-state index contributed by atoms with van der Waals surface area (Å²) in [5, 5.41) is 3.94. The summed E-state index contributed by atoms with van der Waals surface area (Å²) in [5.41, 5.74) is 0.847. The van der Waals surface area contributed by atoms with Gasteiger partial charge in [-0.05, 0) is 33.2 Å². The second-order valence-corrected chi connectivity index (χ2v) is 5.81. The Balaban J connectivity index is 1.74. The normalized spacial score (nSPS) is 18.9. The molecule has 3 heterocycles. The molecule has 0 radical (unpaired) electrons. The van der Waals surface area contributed by atoms with Crippen LogP contribution >= 0.6 is 0 Å². The second-order valence-electron chi connectivity index (χ2n) is 5.81. The quantitative estimate of drug-likeness (QED) is 0.910. The molecule has 1 fully saturated rings. The average Bonchev–Trinajstić information content (AvgIpc) is 3.06. The van der Waals surface area contributed by atoms with Gasteiger partial charge in [-0.1, -0.05) is 5.16 Å². The van der Waals surface area contributed by atoms with Gasteiger partial charge in [0.1, 0.15) is 0 Å². The number of aryl methyl sites for hydroxylation is 2. The van der Waals surface area contributed by atoms with Crippen LogP contribution in [0.3, 0.4) is 0 Å². The first kappa shape index (κ1) is 14.8. The van der Waals surface area contributed by atoms with Crippen molar-refractivity contribution in [3.63, 3.8) is 0 Å². The summed E-state index contributed by atoms with van der Waals surface area (Å²) in [6.07, 6.45) is 2.08. The molecule has 22 heavy (non-hydrogen) atoms. The lowest BCUT2D eigenvalue weighted by atomic mass is 10.1. The van der Waals surface area contributed by atoms with Crippen LogP contribution in [0, 0.1) is 13.8 Å². The van der Waals surface area contributed by atoms with E-state index in [1.165, 1.54) is 10.6 Å². The molecule has 0 aromatic carbocycles. The minimum absolute atomic E-state index is 0.182. The Morgan fingerprint density at radius 2 is 2.14 bits per heavy atom. The molecule has 0 spiro atoms. The van der Waals surface area contributed by atoms with Gasteiger partial charge in [0.25, 0.3) is 5.56 Å². The molecule has 1 N–H and O–H groups in total. The molecule has 2 aromatic rings. The van der Waals surface area contributed by atoms with Crippen LogP contribution in [-0.2, 0) is 6.54 Å². The zero-order valence-corrected chi connectivity index (χ0v) is 12.8. The summed E-state index contributed by atoms with van der Waals surface area (Å²) < 4.78 is 6.61. The number of aromatic nitrogens is 3. The van der Waals surface area contributed by atoms with Crippen LogP contribution in [0.4, 0.5) is 0 Å². The molecule has 0 saturated carbocycles. The second kappa shape index (κ2) is 5.92. The highest BCUT2D eigenvalue weighted by Gasteiger charge is 2.28. The van der Waals surface area contributed by atoms with E-state index in [1.807, 2.05) is 13.0 Å². The van der Waals surface area contributed by atoms with Gasteiger partial charge in [-0.3, -0.25) is 14.3 Å². The van der Waals surface area contributed by atoms with Crippen molar-refractivity contribution in [2.24, 2.45) is 0 Å². The Morgan fingerprint density at radius 3 is 2.82 bits per heavy atom. The fourth-order valence-corrected chi connectivity index (χ4v) is 3.03. The molecule has 0 aliphatic carbocycles. The number of rotatable bonds is 4. The maximum absolute atomic E-state index is 11.9. The fourth-order valence-electron chi connectivity index (χ4n) is 3.03. The zero-order chi connectivity index (χ0) is 15.7. The summed E-state index contributed by atoms with van der Waals surface area (Å²) in [5.74, 6) is 0.861. The van der Waals surface area contributed by atoms with E-state index in [1.54, 1.807) is 6.92 Å². The van der Waals surface area contributed by atoms with Crippen molar-refractivity contribution in [3.8, 4) is 0 Å². The molecule has 1 aliphatic rings. The third kappa shape index (κ3) is 2.89. The van der Waals surface area contributed by atoms with E-state index in [0.717, 1.165) is 30.8 Å². The third-order valence-corrected chi connectivity index (χ3v) is 4.10. The van der Waals surface area contributed by atoms with Gasteiger partial charge in [-0.2, -0.15) is 0 Å². The molecule has 2 aromatic heterocycles. The minimum Gasteiger partial charge on any atom is -0.359 e. The highest BCUT2D eigenvalue weighted by atomic mass is 16.5. The molecule has 3 rings (SSSR count). The smallest absolute Gasteiger partial charge is 0.328 e. The van der Waals surface area contributed by atoms with Gasteiger partial charge in [0, 0.05) is 30.9 Å². The SMILES string of the molecule is Cc1cc(C2CCCN2CCn2c(=O)cc(C)[nH]c2=O)on1. The largest absolute Gasteiger partial charge is 0.359 e. The molecule has 7 nitrogen and oxygen atoms in total. The van der Waals surface area contributed by atoms with Crippen LogP contribution in [0.5, 0.6) is 0 Å². The van der Waals surface area contributed by atoms with Crippen LogP contribution < -0.4 is 11.2 Å². The molecule has 1 unspecified atom stereocenters. The van der Waals surface area contributed by atoms with Crippen molar-refractivity contribution in [1.29, 1.82) is 0 Å². The van der Waals surface area contributed by atoms with Crippen molar-refractivity contribution in [2.45, 2.75) is 39.3 Å². The third-order valence-electron chi connectivity index (χ3n) is 4.10. The van der Waals surface area contributed by atoms with E-state index in [2.05, 4.69) is 15.0 Å². The molecule has 0 amide bonds. The number of nitrogens with one attached hydrogen (secondary N) is 1. The van der Waals surface area contributed by atoms with Crippen molar-refractivity contribution in [1.82, 2.24) is 19.6 Å². The molecule has 0 bridgehead atoms. The average molecular weight is 304 g/mol. The molecule has 1 atom stereocenters. The number of H-pyrrole nitrogens is 1. The van der Waals surface area contributed by atoms with Gasteiger partial charge < -0.3 is 9.51 Å². The number of nitrogens with zero attached hydrogens (tertiary/aromatic N) is 3. The summed E-state index contributed by atoms with van der Waals surface area (Å²) in [6, 6.07) is 3.58. The Hall–Kier alpha value is -2.15. The number of hydrogen-bond donors (Lipinski definition) is 1. The van der Waals surface area contributed by atoms with Gasteiger partial charge in [0.05, 0.1) is 11.7 Å². The predicted octanol–water partition coefficient (Wildman–Crippen LogP) is 0.979. The zero-order valence-electron chi connectivity index (χ0n) is 12.8. The Morgan fingerprint density at radius 1 is 1.32 bits per heavy atom. The summed E-state index contributed by atoms with van der Waals surface area (Å²) in [4.78, 5) is 28.7. The molecular formula is C15H20N4O3. The molecule has 7 heteroatoms. The van der Waals surface area contributed by atoms with Crippen LogP contribution in [0.2, 0.25) is 0 Å².